The Balaban J connectivity index is 2.10. The standard InChI is InChI=1S/C25H22F6N4O2/c1-13(36)14-3-5-15(6-4-14)22(37)35-21-10-8-17(12-19(21)33)23(24(26,27)28,25(29,30)31)16-7-9-20(34-2)18(32)11-16/h3-12,34H,32-33H2,1-2H3,(H,35,37). The molecule has 0 radical (unpaired) electrons. The van der Waals surface area contributed by atoms with Gasteiger partial charge in [0.2, 0.25) is 5.41 Å². The zero-order valence-electron chi connectivity index (χ0n) is 19.5. The lowest BCUT2D eigenvalue weighted by Crippen LogP contribution is -2.54. The van der Waals surface area contributed by atoms with Crippen molar-refractivity contribution in [3.05, 3.63) is 82.9 Å². The smallest absolute Gasteiger partial charge is 0.397 e. The molecule has 6 nitrogen and oxygen atoms in total. The first-order chi connectivity index (χ1) is 17.1. The zero-order chi connectivity index (χ0) is 27.8. The van der Waals surface area contributed by atoms with Crippen LogP contribution in [0.25, 0.3) is 0 Å². The summed E-state index contributed by atoms with van der Waals surface area (Å²) in [6, 6.07) is 9.80. The molecule has 0 aliphatic rings. The van der Waals surface area contributed by atoms with E-state index < -0.39 is 40.5 Å². The van der Waals surface area contributed by atoms with Gasteiger partial charge in [-0.3, -0.25) is 9.59 Å². The van der Waals surface area contributed by atoms with Crippen molar-refractivity contribution in [1.29, 1.82) is 0 Å². The van der Waals surface area contributed by atoms with Crippen LogP contribution in [0.1, 0.15) is 38.8 Å². The van der Waals surface area contributed by atoms with Gasteiger partial charge < -0.3 is 22.1 Å². The molecule has 0 unspecified atom stereocenters. The summed E-state index contributed by atoms with van der Waals surface area (Å²) in [7, 11) is 1.41. The summed E-state index contributed by atoms with van der Waals surface area (Å²) >= 11 is 0. The fourth-order valence-electron chi connectivity index (χ4n) is 3.97. The van der Waals surface area contributed by atoms with Crippen molar-refractivity contribution < 1.29 is 35.9 Å². The number of anilines is 4. The third kappa shape index (κ3) is 4.91. The van der Waals surface area contributed by atoms with Crippen molar-refractivity contribution >= 4 is 34.4 Å². The molecule has 3 aromatic rings. The molecule has 0 spiro atoms. The first-order valence-corrected chi connectivity index (χ1v) is 10.7. The largest absolute Gasteiger partial charge is 0.411 e. The van der Waals surface area contributed by atoms with Gasteiger partial charge in [0.25, 0.3) is 5.91 Å². The molecule has 0 saturated heterocycles. The maximum atomic E-state index is 14.4. The lowest BCUT2D eigenvalue weighted by molar-refractivity contribution is -0.288. The summed E-state index contributed by atoms with van der Waals surface area (Å²) in [6.45, 7) is 1.34. The highest BCUT2D eigenvalue weighted by Crippen LogP contribution is 2.57. The highest BCUT2D eigenvalue weighted by Gasteiger charge is 2.72. The Labute approximate surface area is 207 Å². The average molecular weight is 524 g/mol. The quantitative estimate of drug-likeness (QED) is 0.186. The molecule has 0 fully saturated rings. The van der Waals surface area contributed by atoms with Gasteiger partial charge in [-0.2, -0.15) is 26.3 Å². The van der Waals surface area contributed by atoms with E-state index in [1.54, 1.807) is 0 Å². The normalized spacial score (nSPS) is 12.2. The second kappa shape index (κ2) is 9.68. The first-order valence-electron chi connectivity index (χ1n) is 10.7. The number of nitrogen functional groups attached to an aromatic ring is 2. The van der Waals surface area contributed by atoms with Crippen LogP contribution in [0, 0.1) is 0 Å². The molecule has 3 aromatic carbocycles. The van der Waals surface area contributed by atoms with Gasteiger partial charge in [-0.25, -0.2) is 0 Å². The van der Waals surface area contributed by atoms with Crippen LogP contribution >= 0.6 is 0 Å². The van der Waals surface area contributed by atoms with Gasteiger partial charge in [0, 0.05) is 18.2 Å². The van der Waals surface area contributed by atoms with Crippen LogP contribution in [0.15, 0.2) is 60.7 Å². The van der Waals surface area contributed by atoms with Crippen LogP contribution < -0.4 is 22.1 Å². The van der Waals surface area contributed by atoms with Gasteiger partial charge in [0.1, 0.15) is 0 Å². The van der Waals surface area contributed by atoms with Crippen LogP contribution in [0.4, 0.5) is 49.1 Å². The molecule has 1 amide bonds. The summed E-state index contributed by atoms with van der Waals surface area (Å²) in [5.74, 6) is -0.963. The van der Waals surface area contributed by atoms with Crippen LogP contribution in [0.2, 0.25) is 0 Å². The molecule has 0 aliphatic heterocycles. The van der Waals surface area contributed by atoms with E-state index in [2.05, 4.69) is 10.6 Å². The Morgan fingerprint density at radius 1 is 0.703 bits per heavy atom. The molecule has 196 valence electrons. The van der Waals surface area contributed by atoms with Gasteiger partial charge in [-0.05, 0) is 54.4 Å². The predicted molar refractivity (Wildman–Crippen MR) is 129 cm³/mol. The molecule has 37 heavy (non-hydrogen) atoms. The molecule has 3 rings (SSSR count). The molecular weight excluding hydrogens is 502 g/mol. The minimum absolute atomic E-state index is 0.0912. The Kier molecular flexibility index (Phi) is 7.16. The van der Waals surface area contributed by atoms with E-state index in [-0.39, 0.29) is 28.4 Å². The number of benzene rings is 3. The van der Waals surface area contributed by atoms with E-state index in [4.69, 9.17) is 11.5 Å². The number of alkyl halides is 6. The number of rotatable bonds is 6. The van der Waals surface area contributed by atoms with E-state index in [1.807, 2.05) is 0 Å². The fraction of sp³-hybridized carbons (Fsp3) is 0.200. The number of ketones is 1. The van der Waals surface area contributed by atoms with Gasteiger partial charge in [0.15, 0.2) is 5.78 Å². The number of nitrogens with one attached hydrogen (secondary N) is 2. The molecule has 0 atom stereocenters. The molecule has 12 heteroatoms. The minimum atomic E-state index is -5.84. The summed E-state index contributed by atoms with van der Waals surface area (Å²) in [6.07, 6.45) is -11.7. The summed E-state index contributed by atoms with van der Waals surface area (Å²) in [5.41, 5.74) is 4.25. The summed E-state index contributed by atoms with van der Waals surface area (Å²) in [4.78, 5) is 23.9. The first kappa shape index (κ1) is 27.4. The predicted octanol–water partition coefficient (Wildman–Crippen LogP) is 5.76. The maximum absolute atomic E-state index is 14.4. The van der Waals surface area contributed by atoms with Crippen LogP contribution in [-0.4, -0.2) is 31.1 Å². The van der Waals surface area contributed by atoms with Crippen molar-refractivity contribution in [3.8, 4) is 0 Å². The van der Waals surface area contributed by atoms with E-state index in [0.29, 0.717) is 29.8 Å². The second-order valence-corrected chi connectivity index (χ2v) is 8.19. The van der Waals surface area contributed by atoms with Crippen LogP contribution in [0.5, 0.6) is 0 Å². The van der Waals surface area contributed by atoms with Crippen molar-refractivity contribution in [2.24, 2.45) is 0 Å². The number of hydrogen-bond donors (Lipinski definition) is 4. The molecule has 0 aromatic heterocycles. The number of hydrogen-bond acceptors (Lipinski definition) is 5. The lowest BCUT2D eigenvalue weighted by Gasteiger charge is -2.38. The molecular formula is C25H22F6N4O2. The molecule has 0 heterocycles. The van der Waals surface area contributed by atoms with E-state index in [0.717, 1.165) is 12.1 Å². The number of amides is 1. The highest BCUT2D eigenvalue weighted by atomic mass is 19.4. The zero-order valence-corrected chi connectivity index (χ0v) is 19.5. The number of halogens is 6. The Morgan fingerprint density at radius 2 is 1.14 bits per heavy atom. The number of carbonyl (C=O) groups is 2. The van der Waals surface area contributed by atoms with Gasteiger partial charge in [-0.15, -0.1) is 0 Å². The molecule has 6 N–H and O–H groups in total. The van der Waals surface area contributed by atoms with Crippen LogP contribution in [0.3, 0.4) is 0 Å². The van der Waals surface area contributed by atoms with Gasteiger partial charge >= 0.3 is 12.4 Å². The Hall–Kier alpha value is -4.22. The van der Waals surface area contributed by atoms with Crippen molar-refractivity contribution in [3.63, 3.8) is 0 Å². The summed E-state index contributed by atoms with van der Waals surface area (Å²) < 4.78 is 86.4. The topological polar surface area (TPSA) is 110 Å². The van der Waals surface area contributed by atoms with Crippen molar-refractivity contribution in [2.45, 2.75) is 24.7 Å². The van der Waals surface area contributed by atoms with E-state index >= 15 is 0 Å². The molecule has 0 saturated carbocycles. The minimum Gasteiger partial charge on any atom is -0.397 e. The molecule has 0 bridgehead atoms. The second-order valence-electron chi connectivity index (χ2n) is 8.19. The highest BCUT2D eigenvalue weighted by molar-refractivity contribution is 6.06. The average Bonchev–Trinajstić information content (AvgIpc) is 2.79. The van der Waals surface area contributed by atoms with Crippen LogP contribution in [-0.2, 0) is 5.41 Å². The van der Waals surface area contributed by atoms with Crippen molar-refractivity contribution in [1.82, 2.24) is 0 Å². The third-order valence-corrected chi connectivity index (χ3v) is 5.89. The number of Topliss-reactive ketones (excluding diaryl/α,β-unsaturated/α-hetero) is 1. The number of carbonyl (C=O) groups excluding carboxylic acids is 2. The third-order valence-electron chi connectivity index (χ3n) is 5.89. The SMILES string of the molecule is CNc1ccc(C(c2ccc(NC(=O)c3ccc(C(C)=O)cc3)c(N)c2)(C(F)(F)F)C(F)(F)F)cc1N. The monoisotopic (exact) mass is 524 g/mol. The van der Waals surface area contributed by atoms with Crippen molar-refractivity contribution in [2.75, 3.05) is 29.1 Å². The fourth-order valence-corrected chi connectivity index (χ4v) is 3.97. The Morgan fingerprint density at radius 3 is 1.51 bits per heavy atom. The molecule has 0 aliphatic carbocycles. The number of nitrogens with two attached hydrogens (primary N) is 2. The van der Waals surface area contributed by atoms with E-state index in [9.17, 15) is 35.9 Å². The maximum Gasteiger partial charge on any atom is 0.411 e. The van der Waals surface area contributed by atoms with Gasteiger partial charge in [0.05, 0.1) is 22.7 Å². The van der Waals surface area contributed by atoms with E-state index in [1.165, 1.54) is 38.2 Å². The summed E-state index contributed by atoms with van der Waals surface area (Å²) in [5, 5.41) is 4.94. The van der Waals surface area contributed by atoms with Gasteiger partial charge in [-0.1, -0.05) is 24.3 Å². The Bertz CT molecular complexity index is 1320. The lowest BCUT2D eigenvalue weighted by atomic mass is 9.72.